The first-order valence-corrected chi connectivity index (χ1v) is 9.42. The Balaban J connectivity index is 2.65. The highest BCUT2D eigenvalue weighted by atomic mass is 16.5. The van der Waals surface area contributed by atoms with Crippen molar-refractivity contribution in [1.82, 2.24) is 0 Å². The van der Waals surface area contributed by atoms with Gasteiger partial charge in [-0.25, -0.2) is 0 Å². The molecule has 0 amide bonds. The quantitative estimate of drug-likeness (QED) is 0.429. The van der Waals surface area contributed by atoms with Crippen molar-refractivity contribution < 1.29 is 24.1 Å². The molecule has 0 heterocycles. The van der Waals surface area contributed by atoms with Gasteiger partial charge in [0.15, 0.2) is 0 Å². The van der Waals surface area contributed by atoms with Gasteiger partial charge >= 0.3 is 5.97 Å². The summed E-state index contributed by atoms with van der Waals surface area (Å²) in [5, 5.41) is 10.3. The molecule has 0 aromatic heterocycles. The molecule has 148 valence electrons. The lowest BCUT2D eigenvalue weighted by molar-refractivity contribution is -0.141. The Morgan fingerprint density at radius 2 is 1.81 bits per heavy atom. The maximum absolute atomic E-state index is 11.1. The molecule has 0 aliphatic carbocycles. The van der Waals surface area contributed by atoms with Crippen LogP contribution in [0.25, 0.3) is 0 Å². The predicted octanol–water partition coefficient (Wildman–Crippen LogP) is 3.24. The maximum Gasteiger partial charge on any atom is 0.307 e. The number of ether oxygens (including phenoxy) is 3. The number of hydrogen-bond donors (Lipinski definition) is 1. The molecular formula is C21H34O5. The molecule has 5 nitrogen and oxygen atoms in total. The van der Waals surface area contributed by atoms with Gasteiger partial charge in [-0.1, -0.05) is 44.2 Å². The fourth-order valence-electron chi connectivity index (χ4n) is 2.87. The molecule has 0 radical (unpaired) electrons. The minimum absolute atomic E-state index is 0.134. The second kappa shape index (κ2) is 12.8. The van der Waals surface area contributed by atoms with Crippen LogP contribution in [0, 0.1) is 11.8 Å². The Labute approximate surface area is 157 Å². The molecule has 0 saturated heterocycles. The normalized spacial score (nSPS) is 14.8. The SMILES string of the molecule is COC(=O)CCOCCC(Cc1ccccc1)[C@@H](OCC(C)C)C(C)O. The van der Waals surface area contributed by atoms with Gasteiger partial charge < -0.3 is 19.3 Å². The van der Waals surface area contributed by atoms with Crippen LogP contribution in [0.4, 0.5) is 0 Å². The fourth-order valence-corrected chi connectivity index (χ4v) is 2.87. The Kier molecular flexibility index (Phi) is 11.2. The van der Waals surface area contributed by atoms with Gasteiger partial charge in [-0.15, -0.1) is 0 Å². The van der Waals surface area contributed by atoms with Crippen LogP contribution in [0.15, 0.2) is 30.3 Å². The summed E-state index contributed by atoms with van der Waals surface area (Å²) >= 11 is 0. The summed E-state index contributed by atoms with van der Waals surface area (Å²) in [5.74, 6) is 0.271. The number of aliphatic hydroxyl groups excluding tert-OH is 1. The number of rotatable bonds is 13. The van der Waals surface area contributed by atoms with Gasteiger partial charge in [0.25, 0.3) is 0 Å². The third-order valence-corrected chi connectivity index (χ3v) is 4.21. The number of benzene rings is 1. The number of esters is 1. The van der Waals surface area contributed by atoms with E-state index >= 15 is 0 Å². The van der Waals surface area contributed by atoms with E-state index in [-0.39, 0.29) is 24.4 Å². The van der Waals surface area contributed by atoms with Gasteiger partial charge in [0.05, 0.1) is 32.3 Å². The van der Waals surface area contributed by atoms with E-state index in [4.69, 9.17) is 9.47 Å². The van der Waals surface area contributed by atoms with Crippen molar-refractivity contribution in [2.45, 2.75) is 52.2 Å². The van der Waals surface area contributed by atoms with Crippen LogP contribution in [0.1, 0.15) is 39.2 Å². The van der Waals surface area contributed by atoms with Crippen LogP contribution in [0.2, 0.25) is 0 Å². The Morgan fingerprint density at radius 1 is 1.12 bits per heavy atom. The molecular weight excluding hydrogens is 332 g/mol. The van der Waals surface area contributed by atoms with Crippen molar-refractivity contribution >= 4 is 5.97 Å². The van der Waals surface area contributed by atoms with Crippen molar-refractivity contribution in [2.24, 2.45) is 11.8 Å². The van der Waals surface area contributed by atoms with E-state index in [1.807, 2.05) is 18.2 Å². The third kappa shape index (κ3) is 9.32. The summed E-state index contributed by atoms with van der Waals surface area (Å²) in [7, 11) is 1.37. The average molecular weight is 366 g/mol. The molecule has 5 heteroatoms. The van der Waals surface area contributed by atoms with Gasteiger partial charge in [0.1, 0.15) is 0 Å². The zero-order valence-corrected chi connectivity index (χ0v) is 16.5. The first kappa shape index (κ1) is 22.6. The van der Waals surface area contributed by atoms with Gasteiger partial charge in [-0.2, -0.15) is 0 Å². The molecule has 1 rings (SSSR count). The van der Waals surface area contributed by atoms with E-state index in [1.165, 1.54) is 12.7 Å². The zero-order valence-electron chi connectivity index (χ0n) is 16.5. The summed E-state index contributed by atoms with van der Waals surface area (Å²) in [6.45, 7) is 7.45. The Hall–Kier alpha value is -1.43. The molecule has 0 saturated carbocycles. The Morgan fingerprint density at radius 3 is 2.38 bits per heavy atom. The highest BCUT2D eigenvalue weighted by Gasteiger charge is 2.27. The summed E-state index contributed by atoms with van der Waals surface area (Å²) in [5.41, 5.74) is 1.21. The van der Waals surface area contributed by atoms with Crippen LogP contribution < -0.4 is 0 Å². The second-order valence-electron chi connectivity index (χ2n) is 7.11. The maximum atomic E-state index is 11.1. The third-order valence-electron chi connectivity index (χ3n) is 4.21. The lowest BCUT2D eigenvalue weighted by Gasteiger charge is -2.30. The molecule has 0 aliphatic rings. The minimum atomic E-state index is -0.558. The number of aliphatic hydroxyl groups is 1. The van der Waals surface area contributed by atoms with Gasteiger partial charge in [-0.3, -0.25) is 4.79 Å². The number of carbonyl (C=O) groups is 1. The van der Waals surface area contributed by atoms with E-state index in [2.05, 4.69) is 30.7 Å². The monoisotopic (exact) mass is 366 g/mol. The molecule has 0 fully saturated rings. The van der Waals surface area contributed by atoms with Crippen molar-refractivity contribution in [3.63, 3.8) is 0 Å². The van der Waals surface area contributed by atoms with Crippen LogP contribution in [-0.2, 0) is 25.4 Å². The molecule has 26 heavy (non-hydrogen) atoms. The van der Waals surface area contributed by atoms with Crippen LogP contribution in [0.5, 0.6) is 0 Å². The van der Waals surface area contributed by atoms with Gasteiger partial charge in [0.2, 0.25) is 0 Å². The Bertz CT molecular complexity index is 486. The number of carbonyl (C=O) groups excluding carboxylic acids is 1. The van der Waals surface area contributed by atoms with E-state index in [0.29, 0.717) is 25.7 Å². The molecule has 0 spiro atoms. The summed E-state index contributed by atoms with van der Waals surface area (Å²) in [6.07, 6.45) is 1.02. The highest BCUT2D eigenvalue weighted by Crippen LogP contribution is 2.22. The molecule has 1 aromatic rings. The zero-order chi connectivity index (χ0) is 19.4. The van der Waals surface area contributed by atoms with Crippen LogP contribution in [0.3, 0.4) is 0 Å². The van der Waals surface area contributed by atoms with Gasteiger partial charge in [0, 0.05) is 13.2 Å². The molecule has 0 aliphatic heterocycles. The fraction of sp³-hybridized carbons (Fsp3) is 0.667. The summed E-state index contributed by atoms with van der Waals surface area (Å²) < 4.78 is 16.2. The molecule has 1 N–H and O–H groups in total. The first-order chi connectivity index (χ1) is 12.4. The minimum Gasteiger partial charge on any atom is -0.469 e. The van der Waals surface area contributed by atoms with E-state index in [0.717, 1.165) is 12.8 Å². The molecule has 3 atom stereocenters. The lowest BCUT2D eigenvalue weighted by atomic mass is 9.88. The number of methoxy groups -OCH3 is 1. The topological polar surface area (TPSA) is 65.0 Å². The molecule has 1 aromatic carbocycles. The first-order valence-electron chi connectivity index (χ1n) is 9.42. The number of hydrogen-bond acceptors (Lipinski definition) is 5. The van der Waals surface area contributed by atoms with Crippen LogP contribution in [-0.4, -0.2) is 50.2 Å². The van der Waals surface area contributed by atoms with Crippen LogP contribution >= 0.6 is 0 Å². The lowest BCUT2D eigenvalue weighted by Crippen LogP contribution is -2.37. The van der Waals surface area contributed by atoms with Crippen molar-refractivity contribution in [3.8, 4) is 0 Å². The average Bonchev–Trinajstić information content (AvgIpc) is 2.61. The van der Waals surface area contributed by atoms with E-state index in [1.54, 1.807) is 6.92 Å². The van der Waals surface area contributed by atoms with E-state index in [9.17, 15) is 9.90 Å². The van der Waals surface area contributed by atoms with E-state index < -0.39 is 6.10 Å². The van der Waals surface area contributed by atoms with Crippen molar-refractivity contribution in [1.29, 1.82) is 0 Å². The smallest absolute Gasteiger partial charge is 0.307 e. The standard InChI is InChI=1S/C21H34O5/c1-16(2)15-26-21(17(3)22)19(14-18-8-6-5-7-9-18)10-12-25-13-11-20(23)24-4/h5-9,16-17,19,21-22H,10-15H2,1-4H3/t17?,19?,21-/m0/s1. The highest BCUT2D eigenvalue weighted by molar-refractivity contribution is 5.69. The van der Waals surface area contributed by atoms with Crippen molar-refractivity contribution in [2.75, 3.05) is 26.9 Å². The molecule has 0 bridgehead atoms. The summed E-state index contributed by atoms with van der Waals surface area (Å²) in [4.78, 5) is 11.1. The summed E-state index contributed by atoms with van der Waals surface area (Å²) in [6, 6.07) is 10.2. The van der Waals surface area contributed by atoms with Crippen molar-refractivity contribution in [3.05, 3.63) is 35.9 Å². The molecule has 2 unspecified atom stereocenters. The predicted molar refractivity (Wildman–Crippen MR) is 102 cm³/mol. The largest absolute Gasteiger partial charge is 0.469 e. The second-order valence-corrected chi connectivity index (χ2v) is 7.11. The van der Waals surface area contributed by atoms with Gasteiger partial charge in [-0.05, 0) is 37.2 Å².